The van der Waals surface area contributed by atoms with Crippen molar-refractivity contribution in [2.75, 3.05) is 26.2 Å². The number of rotatable bonds is 2. The predicted molar refractivity (Wildman–Crippen MR) is 64.4 cm³/mol. The van der Waals surface area contributed by atoms with Gasteiger partial charge in [-0.2, -0.15) is 0 Å². The Hall–Kier alpha value is -1.46. The van der Waals surface area contributed by atoms with E-state index in [9.17, 15) is 9.59 Å². The van der Waals surface area contributed by atoms with Gasteiger partial charge in [0.05, 0.1) is 6.04 Å². The topological polar surface area (TPSA) is 64.1 Å². The minimum atomic E-state index is -0.870. The molecule has 1 N–H and O–H groups in total. The van der Waals surface area contributed by atoms with Crippen molar-refractivity contribution in [2.24, 2.45) is 0 Å². The van der Waals surface area contributed by atoms with Gasteiger partial charge in [0.2, 0.25) is 0 Å². The number of urea groups is 1. The second kappa shape index (κ2) is 4.33. The Bertz CT molecular complexity index is 370. The molecule has 2 heterocycles. The number of nitrogens with zero attached hydrogens (tertiary/aromatic N) is 3. The summed E-state index contributed by atoms with van der Waals surface area (Å²) in [6.07, 6.45) is 3.17. The Kier molecular flexibility index (Phi) is 2.80. The van der Waals surface area contributed by atoms with Crippen LogP contribution in [0, 0.1) is 0 Å². The predicted octanol–water partition coefficient (Wildman–Crippen LogP) is 1.03. The molecule has 0 aromatic carbocycles. The lowest BCUT2D eigenvalue weighted by Gasteiger charge is -2.36. The van der Waals surface area contributed by atoms with Gasteiger partial charge in [0.1, 0.15) is 0 Å². The first kappa shape index (κ1) is 11.6. The minimum absolute atomic E-state index is 0.0751. The summed E-state index contributed by atoms with van der Waals surface area (Å²) in [5.41, 5.74) is 0. The highest BCUT2D eigenvalue weighted by molar-refractivity contribution is 5.77. The van der Waals surface area contributed by atoms with Gasteiger partial charge in [0.15, 0.2) is 0 Å². The molecule has 1 atom stereocenters. The zero-order valence-corrected chi connectivity index (χ0v) is 10.4. The molecule has 1 aliphatic carbocycles. The van der Waals surface area contributed by atoms with Gasteiger partial charge in [-0.3, -0.25) is 0 Å². The molecule has 3 aliphatic rings. The van der Waals surface area contributed by atoms with Gasteiger partial charge in [-0.05, 0) is 25.7 Å². The molecule has 6 nitrogen and oxygen atoms in total. The number of carbonyl (C=O) groups is 2. The number of carbonyl (C=O) groups excluding carboxylic acids is 1. The van der Waals surface area contributed by atoms with Crippen molar-refractivity contribution < 1.29 is 14.7 Å². The van der Waals surface area contributed by atoms with Gasteiger partial charge >= 0.3 is 12.1 Å². The van der Waals surface area contributed by atoms with Crippen molar-refractivity contribution in [1.29, 1.82) is 0 Å². The molecule has 1 saturated carbocycles. The maximum absolute atomic E-state index is 12.2. The normalized spacial score (nSPS) is 29.0. The minimum Gasteiger partial charge on any atom is -0.465 e. The van der Waals surface area contributed by atoms with Crippen LogP contribution < -0.4 is 0 Å². The maximum atomic E-state index is 12.2. The summed E-state index contributed by atoms with van der Waals surface area (Å²) in [5.74, 6) is 0. The SMILES string of the molecule is O=C(O)N1CCCC(N2CCN(C3CC3)C2=O)C1. The van der Waals surface area contributed by atoms with Gasteiger partial charge in [-0.15, -0.1) is 0 Å². The number of carboxylic acid groups (broad SMARTS) is 1. The second-order valence-electron chi connectivity index (χ2n) is 5.43. The fourth-order valence-electron chi connectivity index (χ4n) is 3.02. The van der Waals surface area contributed by atoms with E-state index in [1.807, 2.05) is 9.80 Å². The largest absolute Gasteiger partial charge is 0.465 e. The highest BCUT2D eigenvalue weighted by Gasteiger charge is 2.42. The molecule has 2 aliphatic heterocycles. The van der Waals surface area contributed by atoms with Gasteiger partial charge in [0, 0.05) is 32.2 Å². The molecule has 3 amide bonds. The van der Waals surface area contributed by atoms with E-state index in [0.29, 0.717) is 19.1 Å². The summed E-state index contributed by atoms with van der Waals surface area (Å²) < 4.78 is 0. The molecule has 0 aromatic rings. The van der Waals surface area contributed by atoms with Crippen LogP contribution >= 0.6 is 0 Å². The Labute approximate surface area is 106 Å². The number of hydrogen-bond acceptors (Lipinski definition) is 2. The summed E-state index contributed by atoms with van der Waals surface area (Å²) >= 11 is 0. The molecule has 0 spiro atoms. The van der Waals surface area contributed by atoms with E-state index in [0.717, 1.165) is 38.8 Å². The Morgan fingerprint density at radius 1 is 1.06 bits per heavy atom. The van der Waals surface area contributed by atoms with E-state index >= 15 is 0 Å². The molecular weight excluding hydrogens is 234 g/mol. The smallest absolute Gasteiger partial charge is 0.407 e. The van der Waals surface area contributed by atoms with Crippen molar-refractivity contribution in [3.05, 3.63) is 0 Å². The van der Waals surface area contributed by atoms with Crippen LogP contribution in [-0.4, -0.2) is 70.2 Å². The Morgan fingerprint density at radius 2 is 1.72 bits per heavy atom. The molecule has 0 bridgehead atoms. The number of piperidine rings is 1. The monoisotopic (exact) mass is 253 g/mol. The lowest BCUT2D eigenvalue weighted by atomic mass is 10.1. The molecular formula is C12H19N3O3. The second-order valence-corrected chi connectivity index (χ2v) is 5.43. The zero-order valence-electron chi connectivity index (χ0n) is 10.4. The van der Waals surface area contributed by atoms with Crippen LogP contribution in [-0.2, 0) is 0 Å². The van der Waals surface area contributed by atoms with Crippen LogP contribution in [0.1, 0.15) is 25.7 Å². The van der Waals surface area contributed by atoms with Crippen molar-refractivity contribution >= 4 is 12.1 Å². The Morgan fingerprint density at radius 3 is 2.33 bits per heavy atom. The lowest BCUT2D eigenvalue weighted by molar-refractivity contribution is 0.101. The van der Waals surface area contributed by atoms with Crippen LogP contribution in [0.25, 0.3) is 0 Å². The molecule has 1 unspecified atom stereocenters. The van der Waals surface area contributed by atoms with Gasteiger partial charge in [0.25, 0.3) is 0 Å². The molecule has 6 heteroatoms. The molecule has 0 radical (unpaired) electrons. The average Bonchev–Trinajstić information content (AvgIpc) is 3.13. The summed E-state index contributed by atoms with van der Waals surface area (Å²) in [7, 11) is 0. The third-order valence-electron chi connectivity index (χ3n) is 4.17. The van der Waals surface area contributed by atoms with E-state index in [4.69, 9.17) is 5.11 Å². The van der Waals surface area contributed by atoms with Crippen molar-refractivity contribution in [2.45, 2.75) is 37.8 Å². The molecule has 3 rings (SSSR count). The van der Waals surface area contributed by atoms with E-state index in [-0.39, 0.29) is 12.1 Å². The molecule has 18 heavy (non-hydrogen) atoms. The number of likely N-dealkylation sites (tertiary alicyclic amines) is 1. The summed E-state index contributed by atoms with van der Waals surface area (Å²) in [6, 6.07) is 0.655. The number of hydrogen-bond donors (Lipinski definition) is 1. The highest BCUT2D eigenvalue weighted by atomic mass is 16.4. The van der Waals surface area contributed by atoms with E-state index < -0.39 is 6.09 Å². The lowest BCUT2D eigenvalue weighted by Crippen LogP contribution is -2.50. The van der Waals surface area contributed by atoms with Gasteiger partial charge < -0.3 is 19.8 Å². The van der Waals surface area contributed by atoms with Crippen LogP contribution in [0.4, 0.5) is 9.59 Å². The van der Waals surface area contributed by atoms with Crippen molar-refractivity contribution in [3.63, 3.8) is 0 Å². The van der Waals surface area contributed by atoms with Gasteiger partial charge in [-0.1, -0.05) is 0 Å². The quantitative estimate of drug-likeness (QED) is 0.799. The maximum Gasteiger partial charge on any atom is 0.407 e. The zero-order chi connectivity index (χ0) is 12.7. The molecule has 2 saturated heterocycles. The van der Waals surface area contributed by atoms with Crippen molar-refractivity contribution in [1.82, 2.24) is 14.7 Å². The standard InChI is InChI=1S/C12H19N3O3/c16-11-14(9-3-4-9)6-7-15(11)10-2-1-5-13(8-10)12(17)18/h9-10H,1-8H2,(H,17,18). The third-order valence-corrected chi connectivity index (χ3v) is 4.17. The van der Waals surface area contributed by atoms with E-state index in [2.05, 4.69) is 0 Å². The molecule has 3 fully saturated rings. The fourth-order valence-corrected chi connectivity index (χ4v) is 3.02. The van der Waals surface area contributed by atoms with Gasteiger partial charge in [-0.25, -0.2) is 9.59 Å². The average molecular weight is 253 g/mol. The van der Waals surface area contributed by atoms with Crippen LogP contribution in [0.2, 0.25) is 0 Å². The first-order valence-electron chi connectivity index (χ1n) is 6.72. The fraction of sp³-hybridized carbons (Fsp3) is 0.833. The summed E-state index contributed by atoms with van der Waals surface area (Å²) in [4.78, 5) is 28.5. The van der Waals surface area contributed by atoms with Crippen LogP contribution in [0.5, 0.6) is 0 Å². The first-order valence-corrected chi connectivity index (χ1v) is 6.72. The van der Waals surface area contributed by atoms with Crippen LogP contribution in [0.3, 0.4) is 0 Å². The number of amides is 3. The first-order chi connectivity index (χ1) is 8.66. The van der Waals surface area contributed by atoms with Crippen LogP contribution in [0.15, 0.2) is 0 Å². The molecule has 100 valence electrons. The molecule has 0 aromatic heterocycles. The highest BCUT2D eigenvalue weighted by Crippen LogP contribution is 2.31. The third kappa shape index (κ3) is 2.00. The van der Waals surface area contributed by atoms with E-state index in [1.54, 1.807) is 0 Å². The van der Waals surface area contributed by atoms with Crippen molar-refractivity contribution in [3.8, 4) is 0 Å². The van der Waals surface area contributed by atoms with E-state index in [1.165, 1.54) is 4.90 Å². The summed E-state index contributed by atoms with van der Waals surface area (Å²) in [5, 5.41) is 9.03. The Balaban J connectivity index is 1.64. The summed E-state index contributed by atoms with van der Waals surface area (Å²) in [6.45, 7) is 2.64.